The largest absolute Gasteiger partial charge is 0.496 e. The van der Waals surface area contributed by atoms with Crippen LogP contribution in [0.2, 0.25) is 0 Å². The van der Waals surface area contributed by atoms with Gasteiger partial charge in [0.2, 0.25) is 5.91 Å². The molecule has 4 aliphatic rings. The molecule has 2 amide bonds. The molecule has 3 heterocycles. The Hall–Kier alpha value is -4.23. The number of rotatable bonds is 7. The number of likely N-dealkylation sites (tertiary alicyclic amines) is 1. The van der Waals surface area contributed by atoms with E-state index < -0.39 is 5.41 Å². The topological polar surface area (TPSA) is 71.5 Å². The van der Waals surface area contributed by atoms with Crippen LogP contribution in [0.3, 0.4) is 0 Å². The number of amides is 2. The first-order valence-corrected chi connectivity index (χ1v) is 15.7. The van der Waals surface area contributed by atoms with E-state index in [9.17, 15) is 9.59 Å². The molecule has 8 rings (SSSR count). The second-order valence-electron chi connectivity index (χ2n) is 12.1. The van der Waals surface area contributed by atoms with Crippen LogP contribution in [0.1, 0.15) is 51.5 Å². The highest BCUT2D eigenvalue weighted by Crippen LogP contribution is 2.70. The number of carbonyl (C=O) groups is 2. The molecule has 2 bridgehead atoms. The first-order valence-electron chi connectivity index (χ1n) is 14.8. The van der Waals surface area contributed by atoms with E-state index >= 15 is 0 Å². The molecule has 7 heteroatoms. The Morgan fingerprint density at radius 2 is 1.93 bits per heavy atom. The average molecular weight is 590 g/mol. The molecule has 1 saturated heterocycles. The van der Waals surface area contributed by atoms with Crippen LogP contribution >= 0.6 is 11.3 Å². The van der Waals surface area contributed by atoms with Crippen molar-refractivity contribution in [3.8, 4) is 5.75 Å². The quantitative estimate of drug-likeness (QED) is 0.264. The maximum absolute atomic E-state index is 14.7. The molecular weight excluding hydrogens is 554 g/mol. The Morgan fingerprint density at radius 3 is 2.70 bits per heavy atom. The number of hydrogen-bond donors (Lipinski definition) is 1. The molecule has 2 aromatic heterocycles. The molecule has 3 aliphatic carbocycles. The fourth-order valence-electron chi connectivity index (χ4n) is 8.21. The van der Waals surface area contributed by atoms with Gasteiger partial charge in [-0.1, -0.05) is 60.7 Å². The molecular formula is C36H35N3O3S. The summed E-state index contributed by atoms with van der Waals surface area (Å²) in [7, 11) is 1.60. The highest BCUT2D eigenvalue weighted by molar-refractivity contribution is 7.10. The van der Waals surface area contributed by atoms with E-state index in [0.29, 0.717) is 36.5 Å². The van der Waals surface area contributed by atoms with Gasteiger partial charge in [0.25, 0.3) is 5.91 Å². The van der Waals surface area contributed by atoms with Gasteiger partial charge in [0.05, 0.1) is 12.5 Å². The molecule has 4 aromatic rings. The van der Waals surface area contributed by atoms with Gasteiger partial charge in [-0.3, -0.25) is 14.6 Å². The SMILES string of the molecule is C=C(C(=O)N1CC2[C@@]3(c4ccc(C)cc4)CC[C@@H](c4ccsc43)[C@@]2(C(=O)NCc2cccnc2)C1)c1ccccc1OC. The predicted molar refractivity (Wildman–Crippen MR) is 169 cm³/mol. The fourth-order valence-corrected chi connectivity index (χ4v) is 9.48. The van der Waals surface area contributed by atoms with Crippen LogP contribution in [-0.4, -0.2) is 41.9 Å². The molecule has 0 spiro atoms. The summed E-state index contributed by atoms with van der Waals surface area (Å²) in [5.41, 5.74) is 4.56. The van der Waals surface area contributed by atoms with E-state index in [4.69, 9.17) is 4.74 Å². The molecule has 1 N–H and O–H groups in total. The number of hydrogen-bond acceptors (Lipinski definition) is 5. The third-order valence-electron chi connectivity index (χ3n) is 10.1. The van der Waals surface area contributed by atoms with E-state index in [1.807, 2.05) is 41.3 Å². The minimum Gasteiger partial charge on any atom is -0.496 e. The third kappa shape index (κ3) is 4.08. The number of nitrogens with one attached hydrogen (secondary N) is 1. The Balaban J connectivity index is 1.34. The normalized spacial score (nSPS) is 25.1. The highest BCUT2D eigenvalue weighted by atomic mass is 32.1. The first kappa shape index (κ1) is 27.6. The minimum atomic E-state index is -0.782. The summed E-state index contributed by atoms with van der Waals surface area (Å²) in [6.07, 6.45) is 5.36. The van der Waals surface area contributed by atoms with Crippen LogP contribution in [0.5, 0.6) is 5.75 Å². The number of benzene rings is 2. The molecule has 43 heavy (non-hydrogen) atoms. The Kier molecular flexibility index (Phi) is 6.73. The van der Waals surface area contributed by atoms with Gasteiger partial charge in [0.15, 0.2) is 0 Å². The van der Waals surface area contributed by atoms with E-state index in [1.165, 1.54) is 21.6 Å². The van der Waals surface area contributed by atoms with Crippen LogP contribution in [0, 0.1) is 18.3 Å². The second kappa shape index (κ2) is 10.5. The summed E-state index contributed by atoms with van der Waals surface area (Å²) in [6.45, 7) is 7.55. The number of aromatic nitrogens is 1. The van der Waals surface area contributed by atoms with E-state index in [0.717, 1.165) is 18.4 Å². The van der Waals surface area contributed by atoms with Crippen LogP contribution in [0.15, 0.2) is 91.1 Å². The van der Waals surface area contributed by atoms with Crippen molar-refractivity contribution in [1.82, 2.24) is 15.2 Å². The number of methoxy groups -OCH3 is 1. The molecule has 218 valence electrons. The molecule has 4 atom stereocenters. The zero-order chi connectivity index (χ0) is 29.8. The van der Waals surface area contributed by atoms with Crippen molar-refractivity contribution < 1.29 is 14.3 Å². The molecule has 1 aliphatic heterocycles. The van der Waals surface area contributed by atoms with Crippen LogP contribution in [0.25, 0.3) is 5.57 Å². The lowest BCUT2D eigenvalue weighted by Crippen LogP contribution is -2.62. The molecule has 1 unspecified atom stereocenters. The van der Waals surface area contributed by atoms with Crippen molar-refractivity contribution in [2.45, 2.75) is 37.6 Å². The monoisotopic (exact) mass is 589 g/mol. The van der Waals surface area contributed by atoms with Crippen LogP contribution in [0.4, 0.5) is 0 Å². The van der Waals surface area contributed by atoms with Gasteiger partial charge < -0.3 is 15.0 Å². The lowest BCUT2D eigenvalue weighted by atomic mass is 9.43. The minimum absolute atomic E-state index is 0.0117. The fraction of sp³-hybridized carbons (Fsp3) is 0.306. The van der Waals surface area contributed by atoms with Crippen molar-refractivity contribution in [3.05, 3.63) is 124 Å². The lowest BCUT2D eigenvalue weighted by molar-refractivity contribution is -0.139. The highest BCUT2D eigenvalue weighted by Gasteiger charge is 2.71. The predicted octanol–water partition coefficient (Wildman–Crippen LogP) is 6.11. The summed E-state index contributed by atoms with van der Waals surface area (Å²) in [5, 5.41) is 5.48. The summed E-state index contributed by atoms with van der Waals surface area (Å²) in [4.78, 5) is 36.5. The Morgan fingerprint density at radius 1 is 1.12 bits per heavy atom. The molecule has 2 fully saturated rings. The van der Waals surface area contributed by atoms with Gasteiger partial charge in [-0.2, -0.15) is 0 Å². The maximum Gasteiger partial charge on any atom is 0.254 e. The number of pyridine rings is 1. The molecule has 2 aromatic carbocycles. The number of nitrogens with zero attached hydrogens (tertiary/aromatic N) is 2. The smallest absolute Gasteiger partial charge is 0.254 e. The van der Waals surface area contributed by atoms with Crippen molar-refractivity contribution in [1.29, 1.82) is 0 Å². The number of carbonyl (C=O) groups excluding carboxylic acids is 2. The molecule has 1 saturated carbocycles. The van der Waals surface area contributed by atoms with Crippen molar-refractivity contribution in [2.24, 2.45) is 11.3 Å². The van der Waals surface area contributed by atoms with E-state index in [1.54, 1.807) is 30.8 Å². The van der Waals surface area contributed by atoms with E-state index in [-0.39, 0.29) is 29.1 Å². The number of para-hydroxylation sites is 1. The number of aryl methyl sites for hydroxylation is 1. The number of thiophene rings is 1. The van der Waals surface area contributed by atoms with Crippen molar-refractivity contribution in [3.63, 3.8) is 0 Å². The van der Waals surface area contributed by atoms with Gasteiger partial charge in [-0.15, -0.1) is 11.3 Å². The zero-order valence-electron chi connectivity index (χ0n) is 24.5. The first-order chi connectivity index (χ1) is 20.9. The molecule has 6 nitrogen and oxygen atoms in total. The summed E-state index contributed by atoms with van der Waals surface area (Å²) in [5.74, 6) is 0.408. The zero-order valence-corrected chi connectivity index (χ0v) is 25.3. The van der Waals surface area contributed by atoms with Crippen LogP contribution in [-0.2, 0) is 21.5 Å². The summed E-state index contributed by atoms with van der Waals surface area (Å²) >= 11 is 1.80. The van der Waals surface area contributed by atoms with Gasteiger partial charge in [0.1, 0.15) is 5.75 Å². The lowest BCUT2D eigenvalue weighted by Gasteiger charge is -2.59. The van der Waals surface area contributed by atoms with Gasteiger partial charge in [0, 0.05) is 65.3 Å². The molecule has 0 radical (unpaired) electrons. The standard InChI is InChI=1S/C36H35N3O3S/c1-23-10-12-26(13-11-23)35-16-14-29(28-15-18-43-32(28)35)36(34(41)38-20-25-7-6-17-37-19-25)22-39(21-31(35)36)33(40)24(2)27-8-4-5-9-30(27)42-3/h4-13,15,17-19,29,31H,2,14,16,20-22H2,1,3H3,(H,38,41)/t29-,31?,35-,36-/m0/s1. The summed E-state index contributed by atoms with van der Waals surface area (Å²) < 4.78 is 5.57. The van der Waals surface area contributed by atoms with Gasteiger partial charge >= 0.3 is 0 Å². The van der Waals surface area contributed by atoms with Gasteiger partial charge in [-0.05, 0) is 60.0 Å². The third-order valence-corrected chi connectivity index (χ3v) is 11.2. The van der Waals surface area contributed by atoms with Gasteiger partial charge in [-0.25, -0.2) is 0 Å². The maximum atomic E-state index is 14.7. The van der Waals surface area contributed by atoms with Crippen molar-refractivity contribution in [2.75, 3.05) is 20.2 Å². The van der Waals surface area contributed by atoms with Crippen molar-refractivity contribution >= 4 is 28.7 Å². The Bertz CT molecular complexity index is 1720. The average Bonchev–Trinajstić information content (AvgIpc) is 3.72. The summed E-state index contributed by atoms with van der Waals surface area (Å²) in [6, 6.07) is 22.4. The Labute approximate surface area is 256 Å². The number of ether oxygens (including phenoxy) is 1. The number of fused-ring (bicyclic) bond motifs is 1. The van der Waals surface area contributed by atoms with Crippen LogP contribution < -0.4 is 10.1 Å². The second-order valence-corrected chi connectivity index (χ2v) is 13.1. The van der Waals surface area contributed by atoms with E-state index in [2.05, 4.69) is 59.5 Å².